The SMILES string of the molecule is CC(=Nn1c(-c2ccc3c(c2)NC(=O)CO3)csc1=Nc1ccccc1[N+](=O)[O-])c1ccccn1. The highest BCUT2D eigenvalue weighted by atomic mass is 32.1. The summed E-state index contributed by atoms with van der Waals surface area (Å²) in [4.78, 5) is 32.2. The van der Waals surface area contributed by atoms with Crippen LogP contribution in [0.3, 0.4) is 0 Å². The van der Waals surface area contributed by atoms with Gasteiger partial charge >= 0.3 is 0 Å². The minimum atomic E-state index is -0.466. The Hall–Kier alpha value is -4.64. The molecule has 1 N–H and O–H groups in total. The molecule has 0 spiro atoms. The lowest BCUT2D eigenvalue weighted by Gasteiger charge is -2.18. The first-order chi connectivity index (χ1) is 17.0. The van der Waals surface area contributed by atoms with Crippen LogP contribution in [0.5, 0.6) is 5.75 Å². The topological polar surface area (TPSA) is 124 Å². The van der Waals surface area contributed by atoms with Gasteiger partial charge in [-0.3, -0.25) is 19.9 Å². The van der Waals surface area contributed by atoms with Gasteiger partial charge in [0.25, 0.3) is 11.6 Å². The lowest BCUT2D eigenvalue weighted by atomic mass is 10.1. The number of hydrogen-bond donors (Lipinski definition) is 1. The van der Waals surface area contributed by atoms with E-state index in [2.05, 4.69) is 15.3 Å². The quantitative estimate of drug-likeness (QED) is 0.255. The zero-order chi connectivity index (χ0) is 24.4. The fraction of sp³-hybridized carbons (Fsp3) is 0.0833. The van der Waals surface area contributed by atoms with Crippen LogP contribution < -0.4 is 14.9 Å². The van der Waals surface area contributed by atoms with Gasteiger partial charge in [-0.1, -0.05) is 18.2 Å². The van der Waals surface area contributed by atoms with E-state index in [9.17, 15) is 14.9 Å². The molecule has 0 atom stereocenters. The summed E-state index contributed by atoms with van der Waals surface area (Å²) in [6.45, 7) is 1.80. The fourth-order valence-electron chi connectivity index (χ4n) is 3.51. The van der Waals surface area contributed by atoms with Gasteiger partial charge in [-0.15, -0.1) is 11.3 Å². The molecule has 4 aromatic rings. The van der Waals surface area contributed by atoms with Gasteiger partial charge in [0.2, 0.25) is 4.80 Å². The number of ether oxygens (including phenoxy) is 1. The maximum absolute atomic E-state index is 11.8. The number of nitro benzene ring substituents is 1. The first-order valence-electron chi connectivity index (χ1n) is 10.5. The largest absolute Gasteiger partial charge is 0.482 e. The number of fused-ring (bicyclic) bond motifs is 1. The van der Waals surface area contributed by atoms with E-state index < -0.39 is 4.92 Å². The van der Waals surface area contributed by atoms with Gasteiger partial charge in [-0.25, -0.2) is 9.67 Å². The van der Waals surface area contributed by atoms with Gasteiger partial charge < -0.3 is 10.1 Å². The maximum atomic E-state index is 11.8. The number of amides is 1. The molecule has 35 heavy (non-hydrogen) atoms. The van der Waals surface area contributed by atoms with Gasteiger partial charge in [-0.2, -0.15) is 5.10 Å². The van der Waals surface area contributed by atoms with Gasteiger partial charge in [0.1, 0.15) is 11.4 Å². The van der Waals surface area contributed by atoms with E-state index in [1.807, 2.05) is 36.6 Å². The highest BCUT2D eigenvalue weighted by Crippen LogP contribution is 2.33. The Morgan fingerprint density at radius 3 is 2.83 bits per heavy atom. The van der Waals surface area contributed by atoms with E-state index in [0.29, 0.717) is 33.3 Å². The van der Waals surface area contributed by atoms with Crippen molar-refractivity contribution in [1.29, 1.82) is 0 Å². The summed E-state index contributed by atoms with van der Waals surface area (Å²) in [7, 11) is 0. The number of nitro groups is 1. The number of hydrogen-bond acceptors (Lipinski definition) is 8. The smallest absolute Gasteiger partial charge is 0.294 e. The Balaban J connectivity index is 1.70. The Morgan fingerprint density at radius 2 is 2.03 bits per heavy atom. The molecule has 0 saturated heterocycles. The number of benzene rings is 2. The van der Waals surface area contributed by atoms with Crippen LogP contribution in [0.15, 0.2) is 82.3 Å². The molecule has 0 fully saturated rings. The monoisotopic (exact) mass is 486 g/mol. The summed E-state index contributed by atoms with van der Waals surface area (Å²) in [5.74, 6) is 0.344. The van der Waals surface area contributed by atoms with Crippen molar-refractivity contribution in [2.24, 2.45) is 10.1 Å². The molecule has 10 nitrogen and oxygen atoms in total. The second kappa shape index (κ2) is 9.31. The van der Waals surface area contributed by atoms with E-state index in [-0.39, 0.29) is 23.9 Å². The van der Waals surface area contributed by atoms with E-state index in [1.165, 1.54) is 17.4 Å². The van der Waals surface area contributed by atoms with Crippen molar-refractivity contribution in [3.8, 4) is 17.0 Å². The van der Waals surface area contributed by atoms with Crippen molar-refractivity contribution in [2.45, 2.75) is 6.92 Å². The molecule has 2 aromatic heterocycles. The first-order valence-corrected chi connectivity index (χ1v) is 11.4. The number of thiazole rings is 1. The third kappa shape index (κ3) is 4.57. The van der Waals surface area contributed by atoms with Gasteiger partial charge in [0, 0.05) is 23.2 Å². The van der Waals surface area contributed by atoms with Crippen LogP contribution in [0.25, 0.3) is 11.3 Å². The van der Waals surface area contributed by atoms with Crippen LogP contribution in [0.4, 0.5) is 17.1 Å². The Bertz CT molecular complexity index is 1540. The number of carbonyl (C=O) groups excluding carboxylic acids is 1. The summed E-state index contributed by atoms with van der Waals surface area (Å²) in [5.41, 5.74) is 3.42. The van der Waals surface area contributed by atoms with Gasteiger partial charge in [0.15, 0.2) is 6.61 Å². The number of aromatic nitrogens is 2. The molecule has 5 rings (SSSR count). The van der Waals surface area contributed by atoms with Crippen LogP contribution in [-0.2, 0) is 4.79 Å². The molecule has 0 unspecified atom stereocenters. The molecule has 1 amide bonds. The number of nitrogens with one attached hydrogen (secondary N) is 1. The zero-order valence-corrected chi connectivity index (χ0v) is 19.2. The molecule has 0 bridgehead atoms. The molecule has 2 aromatic carbocycles. The number of rotatable bonds is 5. The van der Waals surface area contributed by atoms with Crippen LogP contribution >= 0.6 is 11.3 Å². The van der Waals surface area contributed by atoms with Crippen molar-refractivity contribution >= 4 is 40.0 Å². The lowest BCUT2D eigenvalue weighted by Crippen LogP contribution is -2.25. The molecule has 0 aliphatic carbocycles. The van der Waals surface area contributed by atoms with Gasteiger partial charge in [0.05, 0.1) is 27.7 Å². The second-order valence-electron chi connectivity index (χ2n) is 7.52. The number of nitrogens with zero attached hydrogens (tertiary/aromatic N) is 5. The van der Waals surface area contributed by atoms with Crippen molar-refractivity contribution in [1.82, 2.24) is 9.66 Å². The summed E-state index contributed by atoms with van der Waals surface area (Å²) in [6.07, 6.45) is 1.68. The van der Waals surface area contributed by atoms with Crippen molar-refractivity contribution in [2.75, 3.05) is 11.9 Å². The van der Waals surface area contributed by atoms with Crippen molar-refractivity contribution < 1.29 is 14.5 Å². The molecule has 0 saturated carbocycles. The van der Waals surface area contributed by atoms with Crippen LogP contribution in [-0.4, -0.2) is 32.8 Å². The van der Waals surface area contributed by atoms with Crippen molar-refractivity contribution in [3.63, 3.8) is 0 Å². The predicted molar refractivity (Wildman–Crippen MR) is 132 cm³/mol. The molecule has 1 aliphatic heterocycles. The third-order valence-corrected chi connectivity index (χ3v) is 5.99. The van der Waals surface area contributed by atoms with Crippen LogP contribution in [0.1, 0.15) is 12.6 Å². The Labute approximate surface area is 203 Å². The van der Waals surface area contributed by atoms with E-state index in [4.69, 9.17) is 9.84 Å². The summed E-state index contributed by atoms with van der Waals surface area (Å²) < 4.78 is 7.09. The van der Waals surface area contributed by atoms with E-state index in [1.54, 1.807) is 41.2 Å². The average molecular weight is 487 g/mol. The number of carbonyl (C=O) groups is 1. The number of anilines is 1. The lowest BCUT2D eigenvalue weighted by molar-refractivity contribution is -0.384. The molecule has 11 heteroatoms. The van der Waals surface area contributed by atoms with Gasteiger partial charge in [-0.05, 0) is 43.3 Å². The maximum Gasteiger partial charge on any atom is 0.294 e. The average Bonchev–Trinajstić information content (AvgIpc) is 3.26. The zero-order valence-electron chi connectivity index (χ0n) is 18.4. The van der Waals surface area contributed by atoms with Crippen LogP contribution in [0, 0.1) is 10.1 Å². The molecule has 0 radical (unpaired) electrons. The normalized spacial score (nSPS) is 13.7. The molecule has 174 valence electrons. The molecule has 3 heterocycles. The fourth-order valence-corrected chi connectivity index (χ4v) is 4.35. The van der Waals surface area contributed by atoms with Crippen LogP contribution in [0.2, 0.25) is 0 Å². The summed E-state index contributed by atoms with van der Waals surface area (Å²) >= 11 is 1.29. The number of para-hydroxylation sites is 2. The predicted octanol–water partition coefficient (Wildman–Crippen LogP) is 4.36. The van der Waals surface area contributed by atoms with Crippen molar-refractivity contribution in [3.05, 3.63) is 92.9 Å². The second-order valence-corrected chi connectivity index (χ2v) is 8.36. The molecular weight excluding hydrogens is 468 g/mol. The minimum Gasteiger partial charge on any atom is -0.482 e. The Kier molecular flexibility index (Phi) is 5.90. The highest BCUT2D eigenvalue weighted by Gasteiger charge is 2.19. The van der Waals surface area contributed by atoms with E-state index in [0.717, 1.165) is 5.56 Å². The highest BCUT2D eigenvalue weighted by molar-refractivity contribution is 7.07. The first kappa shape index (κ1) is 22.2. The summed E-state index contributed by atoms with van der Waals surface area (Å²) in [5, 5.41) is 20.9. The standard InChI is InChI=1S/C24H18N6O4S/c1-15(17-6-4-5-11-25-17)28-29-21(16-9-10-22-19(12-16)26-23(31)13-34-22)14-35-24(29)27-18-7-2-3-8-20(18)30(32)33/h2-12,14H,13H2,1H3,(H,26,31). The number of pyridine rings is 1. The molecule has 1 aliphatic rings. The molecular formula is C24H18N6O4S. The summed E-state index contributed by atoms with van der Waals surface area (Å²) in [6, 6.07) is 17.2. The van der Waals surface area contributed by atoms with E-state index >= 15 is 0 Å². The Morgan fingerprint density at radius 1 is 1.20 bits per heavy atom. The third-order valence-electron chi connectivity index (χ3n) is 5.17. The minimum absolute atomic E-state index is 0.0305.